The third kappa shape index (κ3) is 2.89. The van der Waals surface area contributed by atoms with Crippen LogP contribution >= 0.6 is 11.6 Å². The number of fused-ring (bicyclic) bond motifs is 3. The Morgan fingerprint density at radius 2 is 1.89 bits per heavy atom. The summed E-state index contributed by atoms with van der Waals surface area (Å²) in [5.74, 6) is -0.0953. The van der Waals surface area contributed by atoms with Crippen molar-refractivity contribution in [3.8, 4) is 0 Å². The molecule has 0 saturated heterocycles. The number of benzene rings is 2. The van der Waals surface area contributed by atoms with Crippen LogP contribution in [-0.2, 0) is 12.7 Å². The lowest BCUT2D eigenvalue weighted by atomic mass is 10.1. The average molecular weight is 394 g/mol. The monoisotopic (exact) mass is 393 g/mol. The van der Waals surface area contributed by atoms with E-state index in [4.69, 9.17) is 17.3 Å². The largest absolute Gasteiger partial charge is 0.416 e. The van der Waals surface area contributed by atoms with Crippen LogP contribution in [0.15, 0.2) is 47.3 Å². The zero-order valence-electron chi connectivity index (χ0n) is 13.5. The number of nitrogens with two attached hydrogens (primary N) is 1. The molecule has 4 rings (SSSR count). The molecule has 0 fully saturated rings. The third-order valence-electron chi connectivity index (χ3n) is 4.14. The molecular weight excluding hydrogens is 383 g/mol. The van der Waals surface area contributed by atoms with Crippen LogP contribution in [0.25, 0.3) is 16.6 Å². The number of anilines is 1. The number of nitrogen functional groups attached to an aromatic ring is 1. The summed E-state index contributed by atoms with van der Waals surface area (Å²) in [4.78, 5) is 16.8. The topological polar surface area (TPSA) is 78.2 Å². The lowest BCUT2D eigenvalue weighted by molar-refractivity contribution is -0.138. The van der Waals surface area contributed by atoms with Gasteiger partial charge in [-0.25, -0.2) is 18.9 Å². The Balaban J connectivity index is 1.93. The van der Waals surface area contributed by atoms with Gasteiger partial charge in [0.25, 0.3) is 0 Å². The maximum absolute atomic E-state index is 13.3. The molecule has 4 aromatic rings. The smallest absolute Gasteiger partial charge is 0.369 e. The van der Waals surface area contributed by atoms with Gasteiger partial charge in [-0.3, -0.25) is 0 Å². The molecule has 138 valence electrons. The number of aromatic nitrogens is 4. The van der Waals surface area contributed by atoms with Crippen LogP contribution in [0.1, 0.15) is 11.1 Å². The van der Waals surface area contributed by atoms with Gasteiger partial charge in [-0.15, -0.1) is 5.10 Å². The van der Waals surface area contributed by atoms with Crippen LogP contribution in [0.3, 0.4) is 0 Å². The van der Waals surface area contributed by atoms with Crippen molar-refractivity contribution in [1.29, 1.82) is 0 Å². The summed E-state index contributed by atoms with van der Waals surface area (Å²) in [6, 6.07) is 10.1. The van der Waals surface area contributed by atoms with Gasteiger partial charge in [-0.05, 0) is 35.9 Å². The lowest BCUT2D eigenvalue weighted by Crippen LogP contribution is -2.24. The molecule has 0 unspecified atom stereocenters. The zero-order valence-corrected chi connectivity index (χ0v) is 14.3. The second-order valence-corrected chi connectivity index (χ2v) is 6.32. The number of hydrogen-bond acceptors (Lipinski definition) is 4. The van der Waals surface area contributed by atoms with E-state index in [0.29, 0.717) is 10.9 Å². The SMILES string of the molecule is Nc1nc2ccccc2c2nn(Cc3cc(Cl)ccc3C(F)(F)F)c(=O)n12. The molecule has 0 saturated carbocycles. The predicted molar refractivity (Wildman–Crippen MR) is 94.7 cm³/mol. The van der Waals surface area contributed by atoms with Crippen molar-refractivity contribution in [2.45, 2.75) is 12.7 Å². The van der Waals surface area contributed by atoms with E-state index >= 15 is 0 Å². The molecule has 6 nitrogen and oxygen atoms in total. The highest BCUT2D eigenvalue weighted by Crippen LogP contribution is 2.33. The summed E-state index contributed by atoms with van der Waals surface area (Å²) in [6.07, 6.45) is -4.59. The van der Waals surface area contributed by atoms with E-state index in [9.17, 15) is 18.0 Å². The molecule has 0 aliphatic heterocycles. The Bertz CT molecular complexity index is 1250. The summed E-state index contributed by atoms with van der Waals surface area (Å²) in [6.45, 7) is -0.413. The number of nitrogens with zero attached hydrogens (tertiary/aromatic N) is 4. The molecule has 0 amide bonds. The average Bonchev–Trinajstić information content (AvgIpc) is 2.91. The van der Waals surface area contributed by atoms with Crippen molar-refractivity contribution in [2.75, 3.05) is 5.73 Å². The number of alkyl halides is 3. The van der Waals surface area contributed by atoms with Gasteiger partial charge in [0.1, 0.15) is 0 Å². The molecule has 0 aliphatic rings. The van der Waals surface area contributed by atoms with E-state index in [1.807, 2.05) is 0 Å². The maximum atomic E-state index is 13.3. The number of para-hydroxylation sites is 1. The highest BCUT2D eigenvalue weighted by Gasteiger charge is 2.33. The van der Waals surface area contributed by atoms with E-state index in [1.54, 1.807) is 24.3 Å². The fourth-order valence-electron chi connectivity index (χ4n) is 2.96. The minimum Gasteiger partial charge on any atom is -0.369 e. The predicted octanol–water partition coefficient (Wildman–Crippen LogP) is 3.35. The highest BCUT2D eigenvalue weighted by atomic mass is 35.5. The van der Waals surface area contributed by atoms with Crippen LogP contribution in [0.2, 0.25) is 5.02 Å². The summed E-state index contributed by atoms with van der Waals surface area (Å²) in [5, 5.41) is 4.87. The standard InChI is InChI=1S/C17H11ClF3N5O/c18-10-5-6-12(17(19,20)21)9(7-10)8-25-16(27)26-14(24-25)11-3-1-2-4-13(11)23-15(26)22/h1-7H,8H2,(H2,22,23). The van der Waals surface area contributed by atoms with Gasteiger partial charge in [0.15, 0.2) is 5.65 Å². The Kier molecular flexibility index (Phi) is 3.84. The van der Waals surface area contributed by atoms with Crippen LogP contribution < -0.4 is 11.4 Å². The minimum absolute atomic E-state index is 0.0953. The van der Waals surface area contributed by atoms with Crippen LogP contribution in [0.4, 0.5) is 19.1 Å². The summed E-state index contributed by atoms with van der Waals surface area (Å²) in [7, 11) is 0. The molecule has 2 heterocycles. The molecule has 0 bridgehead atoms. The number of hydrogen-bond donors (Lipinski definition) is 1. The molecule has 0 aliphatic carbocycles. The second kappa shape index (κ2) is 5.98. The van der Waals surface area contributed by atoms with E-state index in [2.05, 4.69) is 10.1 Å². The van der Waals surface area contributed by atoms with Crippen molar-refractivity contribution in [1.82, 2.24) is 19.2 Å². The van der Waals surface area contributed by atoms with Crippen LogP contribution in [0, 0.1) is 0 Å². The first-order chi connectivity index (χ1) is 12.8. The number of halogens is 4. The molecule has 2 aromatic heterocycles. The summed E-state index contributed by atoms with van der Waals surface area (Å²) < 4.78 is 41.8. The summed E-state index contributed by atoms with van der Waals surface area (Å²) in [5.41, 5.74) is 4.86. The van der Waals surface area contributed by atoms with Crippen LogP contribution in [-0.4, -0.2) is 19.2 Å². The van der Waals surface area contributed by atoms with Crippen molar-refractivity contribution in [3.05, 3.63) is 69.1 Å². The maximum Gasteiger partial charge on any atom is 0.416 e. The zero-order chi connectivity index (χ0) is 19.3. The lowest BCUT2D eigenvalue weighted by Gasteiger charge is -2.12. The summed E-state index contributed by atoms with van der Waals surface area (Å²) >= 11 is 5.84. The van der Waals surface area contributed by atoms with E-state index in [-0.39, 0.29) is 22.2 Å². The van der Waals surface area contributed by atoms with Gasteiger partial charge in [0.05, 0.1) is 17.6 Å². The molecule has 2 N–H and O–H groups in total. The highest BCUT2D eigenvalue weighted by molar-refractivity contribution is 6.30. The van der Waals surface area contributed by atoms with Gasteiger partial charge in [-0.1, -0.05) is 23.7 Å². The van der Waals surface area contributed by atoms with Crippen molar-refractivity contribution in [2.24, 2.45) is 0 Å². The first-order valence-corrected chi connectivity index (χ1v) is 8.13. The second-order valence-electron chi connectivity index (χ2n) is 5.89. The van der Waals surface area contributed by atoms with Crippen LogP contribution in [0.5, 0.6) is 0 Å². The van der Waals surface area contributed by atoms with Gasteiger partial charge >= 0.3 is 11.9 Å². The molecule has 0 radical (unpaired) electrons. The molecule has 27 heavy (non-hydrogen) atoms. The number of rotatable bonds is 2. The molecule has 0 spiro atoms. The molecule has 10 heteroatoms. The molecule has 0 atom stereocenters. The van der Waals surface area contributed by atoms with Gasteiger partial charge in [0.2, 0.25) is 5.95 Å². The minimum atomic E-state index is -4.59. The Hall–Kier alpha value is -3.07. The fraction of sp³-hybridized carbons (Fsp3) is 0.118. The van der Waals surface area contributed by atoms with E-state index in [1.165, 1.54) is 6.07 Å². The van der Waals surface area contributed by atoms with Gasteiger partial charge in [-0.2, -0.15) is 13.2 Å². The van der Waals surface area contributed by atoms with E-state index in [0.717, 1.165) is 21.2 Å². The first kappa shape index (κ1) is 17.3. The van der Waals surface area contributed by atoms with Crippen molar-refractivity contribution >= 4 is 34.1 Å². The Morgan fingerprint density at radius 1 is 1.15 bits per heavy atom. The van der Waals surface area contributed by atoms with Gasteiger partial charge in [0, 0.05) is 10.4 Å². The first-order valence-electron chi connectivity index (χ1n) is 7.75. The third-order valence-corrected chi connectivity index (χ3v) is 4.38. The fourth-order valence-corrected chi connectivity index (χ4v) is 3.15. The Labute approximate surface area is 154 Å². The molecular formula is C17H11ClF3N5O. The quantitative estimate of drug-likeness (QED) is 0.566. The van der Waals surface area contributed by atoms with Crippen molar-refractivity contribution < 1.29 is 13.2 Å². The normalized spacial score (nSPS) is 12.1. The van der Waals surface area contributed by atoms with Crippen molar-refractivity contribution in [3.63, 3.8) is 0 Å². The Morgan fingerprint density at radius 3 is 2.63 bits per heavy atom. The van der Waals surface area contributed by atoms with E-state index < -0.39 is 24.0 Å². The molecule has 2 aromatic carbocycles. The van der Waals surface area contributed by atoms with Gasteiger partial charge < -0.3 is 5.73 Å².